The predicted molar refractivity (Wildman–Crippen MR) is 84.9 cm³/mol. The molecule has 1 aromatic heterocycles. The standard InChI is InChI=1S/C17H24N4/c1-12-10-14(21(2)20-12)11-17(19-18)16-9-5-7-13-6-3-4-8-15(13)16/h3-4,6,8,10,16-17,19H,5,7,9,11,18H2,1-2H3. The van der Waals surface area contributed by atoms with Gasteiger partial charge in [-0.3, -0.25) is 16.0 Å². The SMILES string of the molecule is Cc1cc(CC(NN)C2CCCc3ccccc32)n(C)n1. The third-order valence-electron chi connectivity index (χ3n) is 4.64. The van der Waals surface area contributed by atoms with Crippen LogP contribution in [0.3, 0.4) is 0 Å². The second-order valence-corrected chi connectivity index (χ2v) is 6.08. The lowest BCUT2D eigenvalue weighted by Crippen LogP contribution is -2.42. The molecule has 0 amide bonds. The Labute approximate surface area is 126 Å². The summed E-state index contributed by atoms with van der Waals surface area (Å²) in [5, 5.41) is 4.44. The van der Waals surface area contributed by atoms with E-state index in [2.05, 4.69) is 40.9 Å². The van der Waals surface area contributed by atoms with Crippen LogP contribution in [0.15, 0.2) is 30.3 Å². The number of aryl methyl sites for hydroxylation is 3. The van der Waals surface area contributed by atoms with E-state index in [0.29, 0.717) is 5.92 Å². The lowest BCUT2D eigenvalue weighted by Gasteiger charge is -2.32. The van der Waals surface area contributed by atoms with E-state index in [-0.39, 0.29) is 6.04 Å². The smallest absolute Gasteiger partial charge is 0.0596 e. The van der Waals surface area contributed by atoms with Gasteiger partial charge >= 0.3 is 0 Å². The number of rotatable bonds is 4. The van der Waals surface area contributed by atoms with Gasteiger partial charge in [0.15, 0.2) is 0 Å². The molecule has 2 atom stereocenters. The monoisotopic (exact) mass is 284 g/mol. The molecular weight excluding hydrogens is 260 g/mol. The molecule has 1 aliphatic rings. The molecule has 2 aromatic rings. The van der Waals surface area contributed by atoms with Crippen LogP contribution in [0.4, 0.5) is 0 Å². The van der Waals surface area contributed by atoms with E-state index < -0.39 is 0 Å². The summed E-state index contributed by atoms with van der Waals surface area (Å²) in [6, 6.07) is 11.2. The van der Waals surface area contributed by atoms with Crippen molar-refractivity contribution in [3.05, 3.63) is 52.8 Å². The van der Waals surface area contributed by atoms with Crippen molar-refractivity contribution in [1.29, 1.82) is 0 Å². The Bertz CT molecular complexity index is 617. The molecule has 112 valence electrons. The molecule has 21 heavy (non-hydrogen) atoms. The zero-order chi connectivity index (χ0) is 14.8. The maximum atomic E-state index is 5.89. The molecule has 1 aliphatic carbocycles. The largest absolute Gasteiger partial charge is 0.272 e. The van der Waals surface area contributed by atoms with Crippen molar-refractivity contribution in [2.45, 2.75) is 44.6 Å². The lowest BCUT2D eigenvalue weighted by atomic mass is 9.77. The van der Waals surface area contributed by atoms with Crippen molar-refractivity contribution in [3.63, 3.8) is 0 Å². The summed E-state index contributed by atoms with van der Waals surface area (Å²) < 4.78 is 1.97. The molecule has 0 spiro atoms. The van der Waals surface area contributed by atoms with E-state index >= 15 is 0 Å². The quantitative estimate of drug-likeness (QED) is 0.668. The van der Waals surface area contributed by atoms with Crippen LogP contribution in [-0.4, -0.2) is 15.8 Å². The Balaban J connectivity index is 1.86. The van der Waals surface area contributed by atoms with Gasteiger partial charge in [0.1, 0.15) is 0 Å². The minimum absolute atomic E-state index is 0.251. The van der Waals surface area contributed by atoms with Crippen LogP contribution in [-0.2, 0) is 19.9 Å². The molecule has 4 nitrogen and oxygen atoms in total. The van der Waals surface area contributed by atoms with Crippen LogP contribution < -0.4 is 11.3 Å². The first-order valence-corrected chi connectivity index (χ1v) is 7.72. The average molecular weight is 284 g/mol. The first-order chi connectivity index (χ1) is 10.2. The van der Waals surface area contributed by atoms with Crippen LogP contribution in [0.5, 0.6) is 0 Å². The number of nitrogens with two attached hydrogens (primary N) is 1. The summed E-state index contributed by atoms with van der Waals surface area (Å²) in [5.41, 5.74) is 8.30. The minimum Gasteiger partial charge on any atom is -0.272 e. The molecule has 1 heterocycles. The Morgan fingerprint density at radius 2 is 2.24 bits per heavy atom. The van der Waals surface area contributed by atoms with Gasteiger partial charge in [0.05, 0.1) is 5.69 Å². The molecule has 3 rings (SSSR count). The van der Waals surface area contributed by atoms with E-state index in [9.17, 15) is 0 Å². The van der Waals surface area contributed by atoms with Gasteiger partial charge in [-0.2, -0.15) is 5.10 Å². The fraction of sp³-hybridized carbons (Fsp3) is 0.471. The van der Waals surface area contributed by atoms with Gasteiger partial charge in [0.2, 0.25) is 0 Å². The summed E-state index contributed by atoms with van der Waals surface area (Å²) in [5.74, 6) is 6.37. The summed E-state index contributed by atoms with van der Waals surface area (Å²) in [7, 11) is 2.00. The van der Waals surface area contributed by atoms with E-state index in [1.165, 1.54) is 36.1 Å². The third-order valence-corrected chi connectivity index (χ3v) is 4.64. The lowest BCUT2D eigenvalue weighted by molar-refractivity contribution is 0.388. The van der Waals surface area contributed by atoms with E-state index in [0.717, 1.165) is 12.1 Å². The maximum absolute atomic E-state index is 5.89. The van der Waals surface area contributed by atoms with Gasteiger partial charge in [0.25, 0.3) is 0 Å². The van der Waals surface area contributed by atoms with Crippen molar-refractivity contribution in [2.75, 3.05) is 0 Å². The molecule has 1 aromatic carbocycles. The summed E-state index contributed by atoms with van der Waals surface area (Å²) >= 11 is 0. The predicted octanol–water partition coefficient (Wildman–Crippen LogP) is 2.22. The number of nitrogens with zero attached hydrogens (tertiary/aromatic N) is 2. The van der Waals surface area contributed by atoms with Crippen LogP contribution in [0, 0.1) is 6.92 Å². The van der Waals surface area contributed by atoms with E-state index in [4.69, 9.17) is 5.84 Å². The highest BCUT2D eigenvalue weighted by atomic mass is 15.3. The van der Waals surface area contributed by atoms with Gasteiger partial charge in [-0.25, -0.2) is 0 Å². The van der Waals surface area contributed by atoms with Gasteiger partial charge in [-0.1, -0.05) is 24.3 Å². The van der Waals surface area contributed by atoms with Crippen molar-refractivity contribution < 1.29 is 0 Å². The third kappa shape index (κ3) is 2.87. The Morgan fingerprint density at radius 1 is 1.43 bits per heavy atom. The first kappa shape index (κ1) is 14.3. The van der Waals surface area contributed by atoms with Gasteiger partial charge < -0.3 is 0 Å². The van der Waals surface area contributed by atoms with E-state index in [1.807, 2.05) is 18.7 Å². The second-order valence-electron chi connectivity index (χ2n) is 6.08. The molecule has 0 saturated carbocycles. The highest BCUT2D eigenvalue weighted by Gasteiger charge is 2.27. The Hall–Kier alpha value is -1.65. The molecule has 2 unspecified atom stereocenters. The van der Waals surface area contributed by atoms with E-state index in [1.54, 1.807) is 0 Å². The van der Waals surface area contributed by atoms with Crippen LogP contribution in [0.25, 0.3) is 0 Å². The van der Waals surface area contributed by atoms with Crippen molar-refractivity contribution in [2.24, 2.45) is 12.9 Å². The highest BCUT2D eigenvalue weighted by molar-refractivity contribution is 5.34. The molecule has 0 radical (unpaired) electrons. The summed E-state index contributed by atoms with van der Waals surface area (Å²) in [6.45, 7) is 2.03. The number of aromatic nitrogens is 2. The van der Waals surface area contributed by atoms with Crippen molar-refractivity contribution >= 4 is 0 Å². The van der Waals surface area contributed by atoms with Gasteiger partial charge in [-0.15, -0.1) is 0 Å². The molecular formula is C17H24N4. The van der Waals surface area contributed by atoms with Crippen molar-refractivity contribution in [3.8, 4) is 0 Å². The van der Waals surface area contributed by atoms with Crippen LogP contribution in [0.2, 0.25) is 0 Å². The second kappa shape index (κ2) is 6.00. The molecule has 0 fully saturated rings. The number of nitrogens with one attached hydrogen (secondary N) is 1. The normalized spacial score (nSPS) is 19.3. The molecule has 0 saturated heterocycles. The topological polar surface area (TPSA) is 55.9 Å². The van der Waals surface area contributed by atoms with Crippen molar-refractivity contribution in [1.82, 2.24) is 15.2 Å². The molecule has 0 bridgehead atoms. The van der Waals surface area contributed by atoms with Gasteiger partial charge in [-0.05, 0) is 43.4 Å². The molecule has 0 aliphatic heterocycles. The zero-order valence-electron chi connectivity index (χ0n) is 12.8. The van der Waals surface area contributed by atoms with Gasteiger partial charge in [0, 0.05) is 31.1 Å². The number of hydrazine groups is 1. The highest BCUT2D eigenvalue weighted by Crippen LogP contribution is 2.34. The fourth-order valence-electron chi connectivity index (χ4n) is 3.61. The number of fused-ring (bicyclic) bond motifs is 1. The maximum Gasteiger partial charge on any atom is 0.0596 e. The molecule has 4 heteroatoms. The Kier molecular flexibility index (Phi) is 4.08. The fourth-order valence-corrected chi connectivity index (χ4v) is 3.61. The zero-order valence-corrected chi connectivity index (χ0v) is 12.8. The summed E-state index contributed by atoms with van der Waals surface area (Å²) in [6.07, 6.45) is 4.54. The molecule has 3 N–H and O–H groups in total. The number of benzene rings is 1. The first-order valence-electron chi connectivity index (χ1n) is 7.72. The minimum atomic E-state index is 0.251. The summed E-state index contributed by atoms with van der Waals surface area (Å²) in [4.78, 5) is 0. The Morgan fingerprint density at radius 3 is 2.95 bits per heavy atom. The van der Waals surface area contributed by atoms with Crippen LogP contribution in [0.1, 0.15) is 41.3 Å². The number of hydrogen-bond acceptors (Lipinski definition) is 3. The number of hydrogen-bond donors (Lipinski definition) is 2. The average Bonchev–Trinajstić information content (AvgIpc) is 2.82. The van der Waals surface area contributed by atoms with Crippen LogP contribution >= 0.6 is 0 Å².